The average Bonchev–Trinajstić information content (AvgIpc) is 3.47. The van der Waals surface area contributed by atoms with E-state index in [1.54, 1.807) is 10.9 Å². The SMILES string of the molecule is Cc1ccc(-c2nn(-c3ccccc3)cc2C(=O)OCC(=O)NC[C@@H]2CCCO2)cc1. The molecule has 31 heavy (non-hydrogen) atoms. The van der Waals surface area contributed by atoms with E-state index in [4.69, 9.17) is 9.47 Å². The molecule has 0 saturated carbocycles. The number of esters is 1. The van der Waals surface area contributed by atoms with Crippen LogP contribution in [0.4, 0.5) is 0 Å². The van der Waals surface area contributed by atoms with Gasteiger partial charge in [-0.3, -0.25) is 4.79 Å². The van der Waals surface area contributed by atoms with Gasteiger partial charge in [0.2, 0.25) is 0 Å². The molecule has 0 unspecified atom stereocenters. The highest BCUT2D eigenvalue weighted by atomic mass is 16.5. The second-order valence-electron chi connectivity index (χ2n) is 7.55. The molecule has 0 spiro atoms. The fourth-order valence-electron chi connectivity index (χ4n) is 3.45. The molecule has 0 radical (unpaired) electrons. The minimum atomic E-state index is -0.593. The number of carbonyl (C=O) groups excluding carboxylic acids is 2. The van der Waals surface area contributed by atoms with Gasteiger partial charge in [0.25, 0.3) is 5.91 Å². The van der Waals surface area contributed by atoms with Crippen LogP contribution >= 0.6 is 0 Å². The van der Waals surface area contributed by atoms with Gasteiger partial charge in [0.05, 0.1) is 11.8 Å². The number of nitrogens with one attached hydrogen (secondary N) is 1. The lowest BCUT2D eigenvalue weighted by atomic mass is 10.1. The normalized spacial score (nSPS) is 15.6. The zero-order valence-corrected chi connectivity index (χ0v) is 17.4. The van der Waals surface area contributed by atoms with Crippen molar-refractivity contribution in [2.75, 3.05) is 19.8 Å². The van der Waals surface area contributed by atoms with E-state index in [1.807, 2.05) is 61.5 Å². The molecule has 0 aliphatic carbocycles. The molecule has 1 atom stereocenters. The molecule has 1 fully saturated rings. The minimum Gasteiger partial charge on any atom is -0.452 e. The van der Waals surface area contributed by atoms with Gasteiger partial charge in [0, 0.05) is 24.9 Å². The zero-order chi connectivity index (χ0) is 21.6. The fraction of sp³-hybridized carbons (Fsp3) is 0.292. The van der Waals surface area contributed by atoms with Crippen molar-refractivity contribution in [3.8, 4) is 16.9 Å². The van der Waals surface area contributed by atoms with Gasteiger partial charge in [-0.1, -0.05) is 48.0 Å². The molecule has 160 valence electrons. The van der Waals surface area contributed by atoms with Crippen LogP contribution in [0.2, 0.25) is 0 Å². The molecule has 7 heteroatoms. The van der Waals surface area contributed by atoms with Gasteiger partial charge in [-0.15, -0.1) is 0 Å². The van der Waals surface area contributed by atoms with Gasteiger partial charge >= 0.3 is 5.97 Å². The number of nitrogens with zero attached hydrogens (tertiary/aromatic N) is 2. The van der Waals surface area contributed by atoms with Gasteiger partial charge in [0.15, 0.2) is 6.61 Å². The van der Waals surface area contributed by atoms with Gasteiger partial charge in [-0.05, 0) is 31.9 Å². The van der Waals surface area contributed by atoms with E-state index in [2.05, 4.69) is 10.4 Å². The predicted molar refractivity (Wildman–Crippen MR) is 116 cm³/mol. The van der Waals surface area contributed by atoms with Gasteiger partial charge in [-0.25, -0.2) is 9.48 Å². The smallest absolute Gasteiger partial charge is 0.342 e. The van der Waals surface area contributed by atoms with Crippen molar-refractivity contribution in [2.24, 2.45) is 0 Å². The topological polar surface area (TPSA) is 82.5 Å². The first-order valence-electron chi connectivity index (χ1n) is 10.4. The van der Waals surface area contributed by atoms with Crippen LogP contribution < -0.4 is 5.32 Å². The molecule has 4 rings (SSSR count). The van der Waals surface area contributed by atoms with Gasteiger partial charge < -0.3 is 14.8 Å². The van der Waals surface area contributed by atoms with Crippen LogP contribution in [-0.4, -0.2) is 47.5 Å². The molecule has 7 nitrogen and oxygen atoms in total. The predicted octanol–water partition coefficient (Wildman–Crippen LogP) is 3.30. The molecular weight excluding hydrogens is 394 g/mol. The highest BCUT2D eigenvalue weighted by Gasteiger charge is 2.21. The summed E-state index contributed by atoms with van der Waals surface area (Å²) >= 11 is 0. The Kier molecular flexibility index (Phi) is 6.43. The molecule has 1 aliphatic heterocycles. The van der Waals surface area contributed by atoms with Crippen LogP contribution in [0.25, 0.3) is 16.9 Å². The molecule has 0 bridgehead atoms. The Morgan fingerprint density at radius 1 is 1.16 bits per heavy atom. The molecule has 1 aromatic heterocycles. The van der Waals surface area contributed by atoms with Crippen molar-refractivity contribution in [3.63, 3.8) is 0 Å². The Morgan fingerprint density at radius 3 is 2.65 bits per heavy atom. The number of para-hydroxylation sites is 1. The molecule has 1 amide bonds. The van der Waals surface area contributed by atoms with E-state index in [-0.39, 0.29) is 18.6 Å². The third kappa shape index (κ3) is 5.19. The van der Waals surface area contributed by atoms with Crippen molar-refractivity contribution < 1.29 is 19.1 Å². The number of ether oxygens (including phenoxy) is 2. The third-order valence-corrected chi connectivity index (χ3v) is 5.17. The van der Waals surface area contributed by atoms with Crippen molar-refractivity contribution in [1.29, 1.82) is 0 Å². The quantitative estimate of drug-likeness (QED) is 0.594. The first-order chi connectivity index (χ1) is 15.1. The maximum Gasteiger partial charge on any atom is 0.342 e. The molecule has 2 heterocycles. The molecule has 1 aliphatic rings. The summed E-state index contributed by atoms with van der Waals surface area (Å²) in [4.78, 5) is 24.9. The highest BCUT2D eigenvalue weighted by Crippen LogP contribution is 2.25. The number of hydrogen-bond acceptors (Lipinski definition) is 5. The van der Waals surface area contributed by atoms with Crippen LogP contribution in [0.1, 0.15) is 28.8 Å². The first kappa shape index (κ1) is 20.8. The molecule has 1 saturated heterocycles. The Balaban J connectivity index is 1.49. The van der Waals surface area contributed by atoms with E-state index in [0.717, 1.165) is 36.3 Å². The van der Waals surface area contributed by atoms with Crippen LogP contribution in [0.5, 0.6) is 0 Å². The minimum absolute atomic E-state index is 0.0388. The number of aryl methyl sites for hydroxylation is 1. The second-order valence-corrected chi connectivity index (χ2v) is 7.55. The summed E-state index contributed by atoms with van der Waals surface area (Å²) in [7, 11) is 0. The Hall–Kier alpha value is -3.45. The monoisotopic (exact) mass is 419 g/mol. The lowest BCUT2D eigenvalue weighted by Crippen LogP contribution is -2.34. The number of hydrogen-bond donors (Lipinski definition) is 1. The largest absolute Gasteiger partial charge is 0.452 e. The van der Waals surface area contributed by atoms with Crippen LogP contribution in [0.15, 0.2) is 60.8 Å². The summed E-state index contributed by atoms with van der Waals surface area (Å²) in [6, 6.07) is 17.3. The number of carbonyl (C=O) groups is 2. The van der Waals surface area contributed by atoms with Gasteiger partial charge in [-0.2, -0.15) is 5.10 Å². The lowest BCUT2D eigenvalue weighted by molar-refractivity contribution is -0.124. The van der Waals surface area contributed by atoms with E-state index in [0.29, 0.717) is 17.8 Å². The second kappa shape index (κ2) is 9.57. The first-order valence-corrected chi connectivity index (χ1v) is 10.4. The number of aromatic nitrogens is 2. The summed E-state index contributed by atoms with van der Waals surface area (Å²) in [6.07, 6.45) is 3.61. The number of benzene rings is 2. The molecule has 2 aromatic carbocycles. The zero-order valence-electron chi connectivity index (χ0n) is 17.4. The molecular formula is C24H25N3O4. The van der Waals surface area contributed by atoms with Gasteiger partial charge in [0.1, 0.15) is 11.3 Å². The summed E-state index contributed by atoms with van der Waals surface area (Å²) in [6.45, 7) is 2.80. The maximum atomic E-state index is 12.8. The average molecular weight is 419 g/mol. The summed E-state index contributed by atoms with van der Waals surface area (Å²) in [5.74, 6) is -0.943. The van der Waals surface area contributed by atoms with Crippen LogP contribution in [0.3, 0.4) is 0 Å². The summed E-state index contributed by atoms with van der Waals surface area (Å²) in [5, 5.41) is 7.37. The van der Waals surface area contributed by atoms with Crippen LogP contribution in [-0.2, 0) is 14.3 Å². The summed E-state index contributed by atoms with van der Waals surface area (Å²) in [5.41, 5.74) is 3.55. The van der Waals surface area contributed by atoms with E-state index >= 15 is 0 Å². The molecule has 3 aromatic rings. The van der Waals surface area contributed by atoms with Crippen molar-refractivity contribution in [1.82, 2.24) is 15.1 Å². The number of rotatable bonds is 7. The van der Waals surface area contributed by atoms with E-state index in [9.17, 15) is 9.59 Å². The standard InChI is InChI=1S/C24H25N3O4/c1-17-9-11-18(12-10-17)23-21(15-27(26-23)19-6-3-2-4-7-19)24(29)31-16-22(28)25-14-20-8-5-13-30-20/h2-4,6-7,9-12,15,20H,5,8,13-14,16H2,1H3,(H,25,28)/t20-/m0/s1. The fourth-order valence-corrected chi connectivity index (χ4v) is 3.45. The Bertz CT molecular complexity index is 1040. The molecule has 1 N–H and O–H groups in total. The number of amides is 1. The summed E-state index contributed by atoms with van der Waals surface area (Å²) < 4.78 is 12.4. The van der Waals surface area contributed by atoms with Crippen LogP contribution in [0, 0.1) is 6.92 Å². The van der Waals surface area contributed by atoms with E-state index in [1.165, 1.54) is 0 Å². The maximum absolute atomic E-state index is 12.8. The van der Waals surface area contributed by atoms with E-state index < -0.39 is 5.97 Å². The Labute approximate surface area is 181 Å². The van der Waals surface area contributed by atoms with Crippen molar-refractivity contribution in [2.45, 2.75) is 25.9 Å². The highest BCUT2D eigenvalue weighted by molar-refractivity contribution is 5.97. The third-order valence-electron chi connectivity index (χ3n) is 5.17. The Morgan fingerprint density at radius 2 is 1.94 bits per heavy atom. The lowest BCUT2D eigenvalue weighted by Gasteiger charge is -2.11. The van der Waals surface area contributed by atoms with Crippen molar-refractivity contribution >= 4 is 11.9 Å². The van der Waals surface area contributed by atoms with Crippen molar-refractivity contribution in [3.05, 3.63) is 71.9 Å².